The van der Waals surface area contributed by atoms with Gasteiger partial charge in [-0.2, -0.15) is 0 Å². The fourth-order valence-corrected chi connectivity index (χ4v) is 1.51. The molecule has 1 rings (SSSR count). The molecule has 80 valence electrons. The van der Waals surface area contributed by atoms with E-state index in [1.165, 1.54) is 7.11 Å². The van der Waals surface area contributed by atoms with Gasteiger partial charge in [-0.1, -0.05) is 0 Å². The Balaban J connectivity index is 2.55. The molecular formula is C9H16N2O3. The molecule has 0 spiro atoms. The van der Waals surface area contributed by atoms with Gasteiger partial charge in [-0.25, -0.2) is 0 Å². The molecule has 1 atom stereocenters. The third-order valence-corrected chi connectivity index (χ3v) is 2.28. The van der Waals surface area contributed by atoms with Crippen LogP contribution in [-0.2, 0) is 14.3 Å². The molecule has 5 heteroatoms. The average molecular weight is 200 g/mol. The number of ether oxygens (including phenoxy) is 2. The Morgan fingerprint density at radius 2 is 2.36 bits per heavy atom. The molecule has 0 aromatic carbocycles. The topological polar surface area (TPSA) is 51.1 Å². The van der Waals surface area contributed by atoms with Crippen molar-refractivity contribution in [3.05, 3.63) is 0 Å². The van der Waals surface area contributed by atoms with Gasteiger partial charge in [0.25, 0.3) is 0 Å². The van der Waals surface area contributed by atoms with Crippen LogP contribution in [0.1, 0.15) is 6.42 Å². The SMILES string of the molecule is COC/N=C1\CC(C(=O)OC)N(C)C1. The summed E-state index contributed by atoms with van der Waals surface area (Å²) in [6, 6.07) is -0.185. The summed E-state index contributed by atoms with van der Waals surface area (Å²) in [5.74, 6) is -0.199. The van der Waals surface area contributed by atoms with Gasteiger partial charge in [0.1, 0.15) is 12.8 Å². The molecule has 1 fully saturated rings. The molecule has 0 aliphatic carbocycles. The zero-order chi connectivity index (χ0) is 10.6. The van der Waals surface area contributed by atoms with Gasteiger partial charge < -0.3 is 9.47 Å². The van der Waals surface area contributed by atoms with E-state index in [9.17, 15) is 4.79 Å². The van der Waals surface area contributed by atoms with Gasteiger partial charge in [0.05, 0.1) is 7.11 Å². The van der Waals surface area contributed by atoms with Crippen LogP contribution in [0.15, 0.2) is 4.99 Å². The summed E-state index contributed by atoms with van der Waals surface area (Å²) in [4.78, 5) is 17.4. The van der Waals surface area contributed by atoms with Crippen LogP contribution in [0, 0.1) is 0 Å². The standard InChI is InChI=1S/C9H16N2O3/c1-11-5-7(10-6-13-2)4-8(11)9(12)14-3/h8H,4-6H2,1-3H3/b10-7+. The molecule has 0 bridgehead atoms. The van der Waals surface area contributed by atoms with Gasteiger partial charge in [0.2, 0.25) is 0 Å². The number of nitrogens with zero attached hydrogens (tertiary/aromatic N) is 2. The lowest BCUT2D eigenvalue weighted by Gasteiger charge is -2.14. The van der Waals surface area contributed by atoms with Crippen LogP contribution in [0.3, 0.4) is 0 Å². The van der Waals surface area contributed by atoms with Gasteiger partial charge in [-0.05, 0) is 7.05 Å². The first-order valence-corrected chi connectivity index (χ1v) is 4.48. The highest BCUT2D eigenvalue weighted by molar-refractivity contribution is 5.94. The van der Waals surface area contributed by atoms with Gasteiger partial charge >= 0.3 is 5.97 Å². The Hall–Kier alpha value is -0.940. The summed E-state index contributed by atoms with van der Waals surface area (Å²) < 4.78 is 9.53. The molecule has 0 amide bonds. The molecule has 0 aromatic rings. The Labute approximate surface area is 83.7 Å². The predicted molar refractivity (Wildman–Crippen MR) is 52.4 cm³/mol. The minimum Gasteiger partial charge on any atom is -0.468 e. The second-order valence-corrected chi connectivity index (χ2v) is 3.30. The maximum atomic E-state index is 11.3. The number of likely N-dealkylation sites (tertiary alicyclic amines) is 1. The highest BCUT2D eigenvalue weighted by Crippen LogP contribution is 2.14. The van der Waals surface area contributed by atoms with Crippen LogP contribution < -0.4 is 0 Å². The number of methoxy groups -OCH3 is 2. The highest BCUT2D eigenvalue weighted by Gasteiger charge is 2.32. The highest BCUT2D eigenvalue weighted by atomic mass is 16.5. The fraction of sp³-hybridized carbons (Fsp3) is 0.778. The van der Waals surface area contributed by atoms with Crippen molar-refractivity contribution in [3.8, 4) is 0 Å². The number of hydrogen-bond acceptors (Lipinski definition) is 5. The number of hydrogen-bond donors (Lipinski definition) is 0. The summed E-state index contributed by atoms with van der Waals surface area (Å²) in [5.41, 5.74) is 0.991. The normalized spacial score (nSPS) is 25.6. The average Bonchev–Trinajstić information content (AvgIpc) is 2.55. The Bertz CT molecular complexity index is 240. The minimum atomic E-state index is -0.199. The lowest BCUT2D eigenvalue weighted by atomic mass is 10.2. The van der Waals surface area contributed by atoms with Gasteiger partial charge in [-0.3, -0.25) is 14.7 Å². The Morgan fingerprint density at radius 1 is 1.64 bits per heavy atom. The summed E-state index contributed by atoms with van der Waals surface area (Å²) in [5, 5.41) is 0. The summed E-state index contributed by atoms with van der Waals surface area (Å²) in [6.07, 6.45) is 0.645. The van der Waals surface area contributed by atoms with Crippen molar-refractivity contribution >= 4 is 11.7 Å². The molecule has 1 unspecified atom stereocenters. The first kappa shape index (κ1) is 11.1. The van der Waals surface area contributed by atoms with Gasteiger partial charge in [-0.15, -0.1) is 0 Å². The van der Waals surface area contributed by atoms with Crippen LogP contribution >= 0.6 is 0 Å². The zero-order valence-electron chi connectivity index (χ0n) is 8.82. The Kier molecular flexibility index (Phi) is 4.03. The zero-order valence-corrected chi connectivity index (χ0v) is 8.82. The van der Waals surface area contributed by atoms with E-state index in [0.717, 1.165) is 5.71 Å². The van der Waals surface area contributed by atoms with E-state index in [-0.39, 0.29) is 12.0 Å². The van der Waals surface area contributed by atoms with Crippen molar-refractivity contribution in [1.29, 1.82) is 0 Å². The van der Waals surface area contributed by atoms with Crippen molar-refractivity contribution in [2.45, 2.75) is 12.5 Å². The molecule has 5 nitrogen and oxygen atoms in total. The number of likely N-dealkylation sites (N-methyl/N-ethyl adjacent to an activating group) is 1. The largest absolute Gasteiger partial charge is 0.468 e. The van der Waals surface area contributed by atoms with Crippen LogP contribution in [-0.4, -0.2) is 57.2 Å². The maximum Gasteiger partial charge on any atom is 0.323 e. The number of esters is 1. The van der Waals surface area contributed by atoms with E-state index in [4.69, 9.17) is 9.47 Å². The van der Waals surface area contributed by atoms with Crippen molar-refractivity contribution in [2.24, 2.45) is 4.99 Å². The van der Waals surface area contributed by atoms with Crippen LogP contribution in [0.2, 0.25) is 0 Å². The van der Waals surface area contributed by atoms with Crippen LogP contribution in [0.5, 0.6) is 0 Å². The van der Waals surface area contributed by atoms with Gasteiger partial charge in [0, 0.05) is 25.8 Å². The Morgan fingerprint density at radius 3 is 2.93 bits per heavy atom. The quantitative estimate of drug-likeness (QED) is 0.597. The minimum absolute atomic E-state index is 0.185. The van der Waals surface area contributed by atoms with Crippen molar-refractivity contribution in [1.82, 2.24) is 4.90 Å². The molecule has 0 radical (unpaired) electrons. The third kappa shape index (κ3) is 2.52. The van der Waals surface area contributed by atoms with E-state index in [0.29, 0.717) is 19.7 Å². The lowest BCUT2D eigenvalue weighted by Crippen LogP contribution is -2.33. The monoisotopic (exact) mass is 200 g/mol. The molecule has 1 aliphatic heterocycles. The molecule has 1 saturated heterocycles. The maximum absolute atomic E-state index is 11.3. The lowest BCUT2D eigenvalue weighted by molar-refractivity contribution is -0.145. The molecular weight excluding hydrogens is 184 g/mol. The van der Waals surface area contributed by atoms with E-state index in [1.54, 1.807) is 7.11 Å². The first-order chi connectivity index (χ1) is 6.69. The van der Waals surface area contributed by atoms with Crippen molar-refractivity contribution in [3.63, 3.8) is 0 Å². The number of carbonyl (C=O) groups is 1. The molecule has 1 heterocycles. The fourth-order valence-electron chi connectivity index (χ4n) is 1.51. The van der Waals surface area contributed by atoms with Crippen LogP contribution in [0.25, 0.3) is 0 Å². The smallest absolute Gasteiger partial charge is 0.323 e. The number of carbonyl (C=O) groups excluding carboxylic acids is 1. The van der Waals surface area contributed by atoms with E-state index in [1.807, 2.05) is 11.9 Å². The summed E-state index contributed by atoms with van der Waals surface area (Å²) >= 11 is 0. The van der Waals surface area contributed by atoms with Crippen molar-refractivity contribution < 1.29 is 14.3 Å². The number of aliphatic imine (C=N–C) groups is 1. The summed E-state index contributed by atoms with van der Waals surface area (Å²) in [6.45, 7) is 1.07. The molecule has 14 heavy (non-hydrogen) atoms. The second kappa shape index (κ2) is 5.07. The summed E-state index contributed by atoms with van der Waals surface area (Å²) in [7, 11) is 4.89. The second-order valence-electron chi connectivity index (χ2n) is 3.30. The molecule has 1 aliphatic rings. The molecule has 0 aromatic heterocycles. The molecule has 0 saturated carbocycles. The van der Waals surface area contributed by atoms with Crippen LogP contribution in [0.4, 0.5) is 0 Å². The van der Waals surface area contributed by atoms with Crippen molar-refractivity contribution in [2.75, 3.05) is 34.5 Å². The third-order valence-electron chi connectivity index (χ3n) is 2.28. The van der Waals surface area contributed by atoms with E-state index >= 15 is 0 Å². The van der Waals surface area contributed by atoms with Gasteiger partial charge in [0.15, 0.2) is 0 Å². The predicted octanol–water partition coefficient (Wildman–Crippen LogP) is -0.0916. The number of rotatable bonds is 3. The van der Waals surface area contributed by atoms with E-state index < -0.39 is 0 Å². The first-order valence-electron chi connectivity index (χ1n) is 4.48. The molecule has 0 N–H and O–H groups in total. The van der Waals surface area contributed by atoms with E-state index in [2.05, 4.69) is 4.99 Å².